The molecular weight excluding hydrogens is 586 g/mol. The van der Waals surface area contributed by atoms with Crippen molar-refractivity contribution in [3.8, 4) is 23.0 Å². The van der Waals surface area contributed by atoms with Crippen LogP contribution in [-0.2, 0) is 12.0 Å². The van der Waals surface area contributed by atoms with Crippen LogP contribution in [0.1, 0.15) is 44.6 Å². The number of halogens is 2. The molecule has 8 nitrogen and oxygen atoms in total. The van der Waals surface area contributed by atoms with Crippen molar-refractivity contribution in [2.45, 2.75) is 39.7 Å². The molecule has 0 saturated carbocycles. The Morgan fingerprint density at radius 1 is 1.10 bits per heavy atom. The molecule has 1 aliphatic rings. The summed E-state index contributed by atoms with van der Waals surface area (Å²) >= 11 is 10.1. The topological polar surface area (TPSA) is 84.2 Å². The second-order valence-corrected chi connectivity index (χ2v) is 11.3. The molecule has 1 aliphatic heterocycles. The van der Waals surface area contributed by atoms with E-state index in [0.717, 1.165) is 10.0 Å². The zero-order valence-corrected chi connectivity index (χ0v) is 24.3. The van der Waals surface area contributed by atoms with Crippen molar-refractivity contribution < 1.29 is 18.9 Å². The lowest BCUT2D eigenvalue weighted by Crippen LogP contribution is -2.29. The molecule has 0 bridgehead atoms. The maximum atomic E-state index is 13.5. The normalized spacial score (nSPS) is 12.9. The zero-order chi connectivity index (χ0) is 27.7. The highest BCUT2D eigenvalue weighted by molar-refractivity contribution is 9.10. The van der Waals surface area contributed by atoms with Gasteiger partial charge >= 0.3 is 0 Å². The van der Waals surface area contributed by atoms with Gasteiger partial charge in [-0.3, -0.25) is 4.79 Å². The first-order valence-corrected chi connectivity index (χ1v) is 13.6. The lowest BCUT2D eigenvalue weighted by atomic mass is 9.95. The van der Waals surface area contributed by atoms with Crippen LogP contribution in [0.15, 0.2) is 62.9 Å². The van der Waals surface area contributed by atoms with Crippen molar-refractivity contribution >= 4 is 44.6 Å². The quantitative estimate of drug-likeness (QED) is 0.216. The van der Waals surface area contributed by atoms with Crippen LogP contribution >= 0.6 is 27.5 Å². The Morgan fingerprint density at radius 3 is 2.67 bits per heavy atom. The van der Waals surface area contributed by atoms with Crippen LogP contribution in [0.25, 0.3) is 10.9 Å². The number of hydrogen-bond acceptors (Lipinski definition) is 7. The SMILES string of the molecule is CCOc1cc(C=Nn2c(C(C)(C)C)nc3ccc(Br)cc3c2=O)cc(Cl)c1OCc1ccc2c(c1)OCO2. The van der Waals surface area contributed by atoms with Crippen LogP contribution < -0.4 is 24.5 Å². The predicted octanol–water partition coefficient (Wildman–Crippen LogP) is 6.70. The highest BCUT2D eigenvalue weighted by Crippen LogP contribution is 2.38. The molecule has 0 radical (unpaired) electrons. The lowest BCUT2D eigenvalue weighted by molar-refractivity contribution is 0.174. The second-order valence-electron chi connectivity index (χ2n) is 9.95. The maximum absolute atomic E-state index is 13.5. The summed E-state index contributed by atoms with van der Waals surface area (Å²) in [4.78, 5) is 18.2. The van der Waals surface area contributed by atoms with Gasteiger partial charge in [0, 0.05) is 9.89 Å². The lowest BCUT2D eigenvalue weighted by Gasteiger charge is -2.21. The number of aromatic nitrogens is 2. The number of hydrogen-bond donors (Lipinski definition) is 0. The van der Waals surface area contributed by atoms with Crippen molar-refractivity contribution in [2.24, 2.45) is 5.10 Å². The molecule has 0 saturated heterocycles. The Labute approximate surface area is 239 Å². The van der Waals surface area contributed by atoms with Crippen molar-refractivity contribution in [1.29, 1.82) is 0 Å². The average Bonchev–Trinajstić information content (AvgIpc) is 3.35. The molecule has 0 fully saturated rings. The third kappa shape index (κ3) is 5.74. The molecule has 10 heteroatoms. The summed E-state index contributed by atoms with van der Waals surface area (Å²) in [5.41, 5.74) is 1.46. The van der Waals surface area contributed by atoms with E-state index in [0.29, 0.717) is 56.9 Å². The number of nitrogens with zero attached hydrogens (tertiary/aromatic N) is 3. The fourth-order valence-corrected chi connectivity index (χ4v) is 4.75. The highest BCUT2D eigenvalue weighted by atomic mass is 79.9. The Kier molecular flexibility index (Phi) is 7.55. The second kappa shape index (κ2) is 10.9. The molecule has 202 valence electrons. The summed E-state index contributed by atoms with van der Waals surface area (Å²) in [6.07, 6.45) is 1.57. The van der Waals surface area contributed by atoms with E-state index < -0.39 is 5.41 Å². The van der Waals surface area contributed by atoms with Crippen molar-refractivity contribution in [3.05, 3.63) is 85.3 Å². The molecule has 0 spiro atoms. The molecule has 0 amide bonds. The van der Waals surface area contributed by atoms with Crippen LogP contribution in [0.4, 0.5) is 0 Å². The molecule has 0 aliphatic carbocycles. The molecule has 4 aromatic rings. The molecule has 3 aromatic carbocycles. The minimum atomic E-state index is -0.432. The number of fused-ring (bicyclic) bond motifs is 2. The molecule has 0 unspecified atom stereocenters. The largest absolute Gasteiger partial charge is 0.490 e. The number of rotatable bonds is 7. The van der Waals surface area contributed by atoms with Crippen molar-refractivity contribution in [1.82, 2.24) is 9.66 Å². The third-order valence-corrected chi connectivity index (χ3v) is 6.73. The minimum absolute atomic E-state index is 0.207. The Morgan fingerprint density at radius 2 is 1.90 bits per heavy atom. The Hall–Kier alpha value is -3.56. The fraction of sp³-hybridized carbons (Fsp3) is 0.276. The van der Waals surface area contributed by atoms with Gasteiger partial charge in [0.15, 0.2) is 23.0 Å². The van der Waals surface area contributed by atoms with Crippen molar-refractivity contribution in [3.63, 3.8) is 0 Å². The summed E-state index contributed by atoms with van der Waals surface area (Å²) in [5.74, 6) is 2.81. The molecule has 1 aromatic heterocycles. The van der Waals surface area contributed by atoms with E-state index in [1.807, 2.05) is 58.0 Å². The summed E-state index contributed by atoms with van der Waals surface area (Å²) in [5, 5.41) is 5.36. The van der Waals surface area contributed by atoms with Crippen LogP contribution in [0.3, 0.4) is 0 Å². The van der Waals surface area contributed by atoms with E-state index in [4.69, 9.17) is 35.5 Å². The summed E-state index contributed by atoms with van der Waals surface area (Å²) in [6.45, 7) is 8.72. The van der Waals surface area contributed by atoms with Gasteiger partial charge < -0.3 is 18.9 Å². The maximum Gasteiger partial charge on any atom is 0.282 e. The Bertz CT molecular complexity index is 1650. The first-order chi connectivity index (χ1) is 18.6. The number of ether oxygens (including phenoxy) is 4. The van der Waals surface area contributed by atoms with Crippen LogP contribution in [0.5, 0.6) is 23.0 Å². The predicted molar refractivity (Wildman–Crippen MR) is 155 cm³/mol. The smallest absolute Gasteiger partial charge is 0.282 e. The highest BCUT2D eigenvalue weighted by Gasteiger charge is 2.23. The van der Waals surface area contributed by atoms with E-state index in [1.54, 1.807) is 24.4 Å². The van der Waals surface area contributed by atoms with Gasteiger partial charge in [0.25, 0.3) is 5.56 Å². The van der Waals surface area contributed by atoms with E-state index in [9.17, 15) is 4.79 Å². The van der Waals surface area contributed by atoms with E-state index >= 15 is 0 Å². The standard InChI is InChI=1S/C29H27BrClN3O5/c1-5-36-25-12-18(10-21(31)26(25)37-15-17-6-9-23-24(11-17)39-16-38-23)14-32-34-27(35)20-13-19(30)7-8-22(20)33-28(34)29(2,3)4/h6-14H,5,15-16H2,1-4H3. The van der Waals surface area contributed by atoms with Crippen molar-refractivity contribution in [2.75, 3.05) is 13.4 Å². The Balaban J connectivity index is 1.48. The van der Waals surface area contributed by atoms with Gasteiger partial charge in [-0.2, -0.15) is 9.78 Å². The van der Waals surface area contributed by atoms with E-state index in [2.05, 4.69) is 21.0 Å². The van der Waals surface area contributed by atoms with Gasteiger partial charge in [-0.05, 0) is 60.5 Å². The van der Waals surface area contributed by atoms with Crippen LogP contribution in [-0.4, -0.2) is 29.3 Å². The van der Waals surface area contributed by atoms with E-state index in [1.165, 1.54) is 4.68 Å². The summed E-state index contributed by atoms with van der Waals surface area (Å²) < 4.78 is 24.9. The first kappa shape index (κ1) is 27.0. The number of benzene rings is 3. The third-order valence-electron chi connectivity index (χ3n) is 5.95. The van der Waals surface area contributed by atoms with Gasteiger partial charge in [0.2, 0.25) is 6.79 Å². The van der Waals surface area contributed by atoms with Gasteiger partial charge in [-0.15, -0.1) is 0 Å². The van der Waals surface area contributed by atoms with Gasteiger partial charge in [0.05, 0.1) is 28.7 Å². The molecule has 2 heterocycles. The van der Waals surface area contributed by atoms with E-state index in [-0.39, 0.29) is 19.0 Å². The first-order valence-electron chi connectivity index (χ1n) is 12.4. The monoisotopic (exact) mass is 611 g/mol. The average molecular weight is 613 g/mol. The van der Waals surface area contributed by atoms with Crippen LogP contribution in [0, 0.1) is 0 Å². The van der Waals surface area contributed by atoms with Gasteiger partial charge in [0.1, 0.15) is 12.4 Å². The molecular formula is C29H27BrClN3O5. The fourth-order valence-electron chi connectivity index (χ4n) is 4.12. The zero-order valence-electron chi connectivity index (χ0n) is 22.0. The van der Waals surface area contributed by atoms with Gasteiger partial charge in [-0.25, -0.2) is 4.98 Å². The molecule has 5 rings (SSSR count). The molecule has 39 heavy (non-hydrogen) atoms. The summed E-state index contributed by atoms with van der Waals surface area (Å²) in [6, 6.07) is 14.6. The minimum Gasteiger partial charge on any atom is -0.490 e. The molecule has 0 atom stereocenters. The molecule has 0 N–H and O–H groups in total. The van der Waals surface area contributed by atoms with Crippen LogP contribution in [0.2, 0.25) is 5.02 Å². The van der Waals surface area contributed by atoms with Gasteiger partial charge in [-0.1, -0.05) is 54.4 Å². The summed E-state index contributed by atoms with van der Waals surface area (Å²) in [7, 11) is 0.